The number of hydrogen-bond donors (Lipinski definition) is 2. The molecule has 3 aromatic rings. The fourth-order valence-electron chi connectivity index (χ4n) is 4.48. The molecule has 1 fully saturated rings. The van der Waals surface area contributed by atoms with Gasteiger partial charge in [0.1, 0.15) is 11.5 Å². The maximum Gasteiger partial charge on any atom is 0.121 e. The highest BCUT2D eigenvalue weighted by atomic mass is 16.3. The summed E-state index contributed by atoms with van der Waals surface area (Å²) < 4.78 is 0. The van der Waals surface area contributed by atoms with Crippen molar-refractivity contribution in [2.75, 3.05) is 0 Å². The van der Waals surface area contributed by atoms with Crippen molar-refractivity contribution in [1.29, 1.82) is 0 Å². The Hall–Kier alpha value is -2.48. The normalized spacial score (nSPS) is 20.2. The Morgan fingerprint density at radius 1 is 0.840 bits per heavy atom. The molecule has 0 saturated heterocycles. The highest BCUT2D eigenvalue weighted by Gasteiger charge is 2.30. The zero-order valence-corrected chi connectivity index (χ0v) is 14.8. The van der Waals surface area contributed by atoms with E-state index in [-0.39, 0.29) is 0 Å². The van der Waals surface area contributed by atoms with Gasteiger partial charge in [0.05, 0.1) is 0 Å². The fourth-order valence-corrected chi connectivity index (χ4v) is 4.48. The quantitative estimate of drug-likeness (QED) is 0.611. The second kappa shape index (κ2) is 6.11. The molecule has 2 N–H and O–H groups in total. The summed E-state index contributed by atoms with van der Waals surface area (Å²) in [4.78, 5) is 0. The van der Waals surface area contributed by atoms with E-state index >= 15 is 0 Å². The van der Waals surface area contributed by atoms with Crippen LogP contribution in [0.5, 0.6) is 11.5 Å². The van der Waals surface area contributed by atoms with Crippen molar-refractivity contribution in [3.05, 3.63) is 70.8 Å². The number of hydrogen-bond acceptors (Lipinski definition) is 2. The van der Waals surface area contributed by atoms with Crippen LogP contribution in [-0.4, -0.2) is 10.2 Å². The second-order valence-electron chi connectivity index (χ2n) is 7.43. The largest absolute Gasteiger partial charge is 0.508 e. The monoisotopic (exact) mass is 332 g/mol. The standard InChI is InChI=1S/C23H24O2/c1-14-11-19(12-15(2)23(14)25)17-7-8-18(13-17)22-20-6-4-3-5-16(20)9-10-21(22)24/h3-6,9-12,17-18,24-25H,7-8,13H2,1-2H3. The van der Waals surface area contributed by atoms with E-state index in [1.165, 1.54) is 16.3 Å². The SMILES string of the molecule is Cc1cc(C2CCC(c3c(O)ccc4ccccc34)C2)cc(C)c1O. The van der Waals surface area contributed by atoms with E-state index in [9.17, 15) is 10.2 Å². The molecule has 1 aliphatic carbocycles. The van der Waals surface area contributed by atoms with Crippen molar-refractivity contribution in [1.82, 2.24) is 0 Å². The van der Waals surface area contributed by atoms with Crippen LogP contribution in [0.1, 0.15) is 53.4 Å². The van der Waals surface area contributed by atoms with Gasteiger partial charge in [-0.25, -0.2) is 0 Å². The first-order chi connectivity index (χ1) is 12.0. The highest BCUT2D eigenvalue weighted by Crippen LogP contribution is 2.48. The lowest BCUT2D eigenvalue weighted by Crippen LogP contribution is -1.98. The Labute approximate surface area is 148 Å². The van der Waals surface area contributed by atoms with Crippen LogP contribution < -0.4 is 0 Å². The average molecular weight is 332 g/mol. The maximum atomic E-state index is 10.5. The van der Waals surface area contributed by atoms with Crippen molar-refractivity contribution in [3.63, 3.8) is 0 Å². The number of rotatable bonds is 2. The lowest BCUT2D eigenvalue weighted by atomic mass is 9.88. The lowest BCUT2D eigenvalue weighted by molar-refractivity contribution is 0.462. The predicted octanol–water partition coefficient (Wildman–Crippen LogP) is 5.92. The summed E-state index contributed by atoms with van der Waals surface area (Å²) in [6.07, 6.45) is 3.26. The summed E-state index contributed by atoms with van der Waals surface area (Å²) in [7, 11) is 0. The van der Waals surface area contributed by atoms with E-state index in [4.69, 9.17) is 0 Å². The molecule has 0 spiro atoms. The number of phenols is 2. The summed E-state index contributed by atoms with van der Waals surface area (Å²) in [6.45, 7) is 3.93. The van der Waals surface area contributed by atoms with Gasteiger partial charge < -0.3 is 10.2 Å². The van der Waals surface area contributed by atoms with Crippen LogP contribution >= 0.6 is 0 Å². The van der Waals surface area contributed by atoms with Gasteiger partial charge in [-0.2, -0.15) is 0 Å². The zero-order valence-electron chi connectivity index (χ0n) is 14.8. The Morgan fingerprint density at radius 3 is 2.28 bits per heavy atom. The molecule has 2 heteroatoms. The molecule has 0 bridgehead atoms. The van der Waals surface area contributed by atoms with Crippen molar-refractivity contribution < 1.29 is 10.2 Å². The average Bonchev–Trinajstić information content (AvgIpc) is 3.08. The lowest BCUT2D eigenvalue weighted by Gasteiger charge is -2.17. The third kappa shape index (κ3) is 2.76. The van der Waals surface area contributed by atoms with E-state index < -0.39 is 0 Å². The molecule has 2 atom stereocenters. The molecule has 0 aromatic heterocycles. The van der Waals surface area contributed by atoms with Crippen LogP contribution in [0.15, 0.2) is 48.5 Å². The smallest absolute Gasteiger partial charge is 0.121 e. The first-order valence-corrected chi connectivity index (χ1v) is 9.05. The number of aryl methyl sites for hydroxylation is 2. The van der Waals surface area contributed by atoms with Crippen LogP contribution in [-0.2, 0) is 0 Å². The van der Waals surface area contributed by atoms with Gasteiger partial charge in [-0.05, 0) is 78.5 Å². The third-order valence-corrected chi connectivity index (χ3v) is 5.77. The van der Waals surface area contributed by atoms with Gasteiger partial charge in [0.2, 0.25) is 0 Å². The molecule has 0 heterocycles. The number of phenolic OH excluding ortho intramolecular Hbond substituents is 2. The first kappa shape index (κ1) is 16.0. The summed E-state index contributed by atoms with van der Waals surface area (Å²) in [5.41, 5.74) is 4.32. The second-order valence-corrected chi connectivity index (χ2v) is 7.43. The molecule has 2 unspecified atom stereocenters. The van der Waals surface area contributed by atoms with Gasteiger partial charge in [-0.15, -0.1) is 0 Å². The molecule has 4 rings (SSSR count). The van der Waals surface area contributed by atoms with Gasteiger partial charge in [0.15, 0.2) is 0 Å². The molecule has 25 heavy (non-hydrogen) atoms. The van der Waals surface area contributed by atoms with Crippen molar-refractivity contribution >= 4 is 10.8 Å². The van der Waals surface area contributed by atoms with Gasteiger partial charge in [0, 0.05) is 5.56 Å². The van der Waals surface area contributed by atoms with Crippen molar-refractivity contribution in [2.45, 2.75) is 44.9 Å². The Balaban J connectivity index is 1.69. The van der Waals surface area contributed by atoms with Crippen molar-refractivity contribution in [3.8, 4) is 11.5 Å². The van der Waals surface area contributed by atoms with Crippen LogP contribution in [0.25, 0.3) is 10.8 Å². The number of aromatic hydroxyl groups is 2. The van der Waals surface area contributed by atoms with E-state index in [2.05, 4.69) is 24.3 Å². The van der Waals surface area contributed by atoms with Gasteiger partial charge in [0.25, 0.3) is 0 Å². The molecule has 128 valence electrons. The molecular formula is C23H24O2. The Kier molecular flexibility index (Phi) is 3.91. The summed E-state index contributed by atoms with van der Waals surface area (Å²) in [5, 5.41) is 22.9. The Bertz CT molecular complexity index is 919. The minimum Gasteiger partial charge on any atom is -0.508 e. The summed E-state index contributed by atoms with van der Waals surface area (Å²) in [5.74, 6) is 1.69. The molecule has 3 aromatic carbocycles. The van der Waals surface area contributed by atoms with Crippen LogP contribution in [0.4, 0.5) is 0 Å². The molecule has 0 aliphatic heterocycles. The number of fused-ring (bicyclic) bond motifs is 1. The van der Waals surface area contributed by atoms with Gasteiger partial charge >= 0.3 is 0 Å². The molecule has 1 saturated carbocycles. The zero-order chi connectivity index (χ0) is 17.6. The van der Waals surface area contributed by atoms with Crippen LogP contribution in [0, 0.1) is 13.8 Å². The van der Waals surface area contributed by atoms with Gasteiger partial charge in [-0.1, -0.05) is 42.5 Å². The topological polar surface area (TPSA) is 40.5 Å². The maximum absolute atomic E-state index is 10.5. The molecule has 1 aliphatic rings. The van der Waals surface area contributed by atoms with Crippen molar-refractivity contribution in [2.24, 2.45) is 0 Å². The van der Waals surface area contributed by atoms with E-state index in [0.29, 0.717) is 23.3 Å². The highest BCUT2D eigenvalue weighted by molar-refractivity contribution is 5.88. The third-order valence-electron chi connectivity index (χ3n) is 5.77. The summed E-state index contributed by atoms with van der Waals surface area (Å²) in [6, 6.07) is 16.4. The fraction of sp³-hybridized carbons (Fsp3) is 0.304. The number of benzene rings is 3. The van der Waals surface area contributed by atoms with E-state index in [1.807, 2.05) is 38.1 Å². The Morgan fingerprint density at radius 2 is 1.52 bits per heavy atom. The van der Waals surface area contributed by atoms with E-state index in [1.54, 1.807) is 0 Å². The predicted molar refractivity (Wildman–Crippen MR) is 103 cm³/mol. The first-order valence-electron chi connectivity index (χ1n) is 9.05. The molecule has 0 radical (unpaired) electrons. The molecular weight excluding hydrogens is 308 g/mol. The molecule has 2 nitrogen and oxygen atoms in total. The minimum absolute atomic E-state index is 0.380. The van der Waals surface area contributed by atoms with Gasteiger partial charge in [-0.3, -0.25) is 0 Å². The van der Waals surface area contributed by atoms with Crippen LogP contribution in [0.2, 0.25) is 0 Å². The minimum atomic E-state index is 0.380. The molecule has 0 amide bonds. The van der Waals surface area contributed by atoms with E-state index in [0.717, 1.165) is 36.0 Å². The van der Waals surface area contributed by atoms with Crippen LogP contribution in [0.3, 0.4) is 0 Å². The summed E-state index contributed by atoms with van der Waals surface area (Å²) >= 11 is 0.